The summed E-state index contributed by atoms with van der Waals surface area (Å²) in [7, 11) is 0. The summed E-state index contributed by atoms with van der Waals surface area (Å²) in [4.78, 5) is 23.4. The van der Waals surface area contributed by atoms with Crippen LogP contribution < -0.4 is 11.1 Å². The van der Waals surface area contributed by atoms with Crippen molar-refractivity contribution in [2.45, 2.75) is 32.7 Å². The van der Waals surface area contributed by atoms with Crippen LogP contribution in [0.4, 0.5) is 10.1 Å². The zero-order valence-electron chi connectivity index (χ0n) is 11.9. The Morgan fingerprint density at radius 2 is 2.14 bits per heavy atom. The quantitative estimate of drug-likeness (QED) is 0.603. The number of hydrogen-bond acceptors (Lipinski definition) is 4. The largest absolute Gasteiger partial charge is 0.452 e. The lowest BCUT2D eigenvalue weighted by Crippen LogP contribution is -2.35. The first-order valence-electron chi connectivity index (χ1n) is 6.56. The second-order valence-electron chi connectivity index (χ2n) is 4.69. The summed E-state index contributed by atoms with van der Waals surface area (Å²) < 4.78 is 18.3. The second kappa shape index (κ2) is 7.97. The number of rotatable bonds is 6. The number of carbonyl (C=O) groups excluding carboxylic acids is 2. The number of nitrogen functional groups attached to an aromatic ring is 1. The molecule has 1 rings (SSSR count). The number of halogens is 2. The third-order valence-electron chi connectivity index (χ3n) is 2.77. The number of nitrogens with one attached hydrogen (secondary N) is 1. The van der Waals surface area contributed by atoms with Crippen LogP contribution in [0.3, 0.4) is 0 Å². The van der Waals surface area contributed by atoms with E-state index in [1.165, 1.54) is 6.07 Å². The number of amides is 1. The van der Waals surface area contributed by atoms with Crippen molar-refractivity contribution in [1.29, 1.82) is 0 Å². The van der Waals surface area contributed by atoms with E-state index in [1.807, 2.05) is 13.8 Å². The topological polar surface area (TPSA) is 81.4 Å². The molecule has 5 nitrogen and oxygen atoms in total. The molecule has 0 fully saturated rings. The monoisotopic (exact) mass is 360 g/mol. The first kappa shape index (κ1) is 17.4. The molecule has 1 aromatic rings. The summed E-state index contributed by atoms with van der Waals surface area (Å²) in [6, 6.07) is 2.27. The predicted molar refractivity (Wildman–Crippen MR) is 81.3 cm³/mol. The van der Waals surface area contributed by atoms with Gasteiger partial charge < -0.3 is 15.8 Å². The van der Waals surface area contributed by atoms with Gasteiger partial charge in [0.25, 0.3) is 5.91 Å². The van der Waals surface area contributed by atoms with Crippen molar-refractivity contribution in [3.05, 3.63) is 28.0 Å². The molecular weight excluding hydrogens is 343 g/mol. The molecular formula is C14H18BrFN2O3. The van der Waals surface area contributed by atoms with Crippen molar-refractivity contribution in [3.8, 4) is 0 Å². The van der Waals surface area contributed by atoms with Crippen LogP contribution >= 0.6 is 15.9 Å². The van der Waals surface area contributed by atoms with Crippen LogP contribution in [0, 0.1) is 5.82 Å². The molecule has 0 saturated carbocycles. The molecule has 1 amide bonds. The summed E-state index contributed by atoms with van der Waals surface area (Å²) >= 11 is 3.05. The lowest BCUT2D eigenvalue weighted by Gasteiger charge is -2.13. The van der Waals surface area contributed by atoms with E-state index >= 15 is 0 Å². The van der Waals surface area contributed by atoms with Gasteiger partial charge in [0.05, 0.1) is 11.3 Å². The highest BCUT2D eigenvalue weighted by atomic mass is 79.9. The van der Waals surface area contributed by atoms with E-state index in [0.717, 1.165) is 18.9 Å². The lowest BCUT2D eigenvalue weighted by atomic mass is 10.2. The van der Waals surface area contributed by atoms with Gasteiger partial charge in [0, 0.05) is 10.5 Å². The molecule has 0 spiro atoms. The van der Waals surface area contributed by atoms with Gasteiger partial charge in [-0.3, -0.25) is 4.79 Å². The summed E-state index contributed by atoms with van der Waals surface area (Å²) in [6.07, 6.45) is 1.79. The molecule has 0 bridgehead atoms. The van der Waals surface area contributed by atoms with Gasteiger partial charge in [-0.15, -0.1) is 0 Å². The maximum absolute atomic E-state index is 13.2. The molecule has 1 unspecified atom stereocenters. The molecule has 0 aliphatic carbocycles. The Kier molecular flexibility index (Phi) is 6.61. The number of nitrogens with two attached hydrogens (primary N) is 1. The number of anilines is 1. The van der Waals surface area contributed by atoms with Gasteiger partial charge in [0.15, 0.2) is 6.61 Å². The number of esters is 1. The van der Waals surface area contributed by atoms with Crippen LogP contribution in [0.1, 0.15) is 37.0 Å². The highest BCUT2D eigenvalue weighted by molar-refractivity contribution is 9.10. The van der Waals surface area contributed by atoms with Crippen LogP contribution in [0.15, 0.2) is 16.6 Å². The highest BCUT2D eigenvalue weighted by Crippen LogP contribution is 2.23. The number of benzene rings is 1. The molecule has 21 heavy (non-hydrogen) atoms. The van der Waals surface area contributed by atoms with Crippen molar-refractivity contribution < 1.29 is 18.7 Å². The van der Waals surface area contributed by atoms with Gasteiger partial charge in [0.1, 0.15) is 5.82 Å². The Balaban J connectivity index is 2.58. The van der Waals surface area contributed by atoms with Crippen LogP contribution in [0.2, 0.25) is 0 Å². The smallest absolute Gasteiger partial charge is 0.339 e. The fraction of sp³-hybridized carbons (Fsp3) is 0.429. The maximum Gasteiger partial charge on any atom is 0.339 e. The minimum atomic E-state index is -0.744. The van der Waals surface area contributed by atoms with E-state index in [1.54, 1.807) is 0 Å². The molecule has 0 aliphatic heterocycles. The van der Waals surface area contributed by atoms with Crippen molar-refractivity contribution in [3.63, 3.8) is 0 Å². The van der Waals surface area contributed by atoms with Gasteiger partial charge in [-0.1, -0.05) is 13.3 Å². The summed E-state index contributed by atoms with van der Waals surface area (Å²) in [5.74, 6) is -1.76. The van der Waals surface area contributed by atoms with Crippen molar-refractivity contribution >= 4 is 33.5 Å². The number of hydrogen-bond donors (Lipinski definition) is 2. The Hall–Kier alpha value is -1.63. The average Bonchev–Trinajstić information content (AvgIpc) is 2.40. The zero-order valence-corrected chi connectivity index (χ0v) is 13.5. The Bertz CT molecular complexity index is 537. The van der Waals surface area contributed by atoms with E-state index in [4.69, 9.17) is 10.5 Å². The van der Waals surface area contributed by atoms with Crippen LogP contribution in [0.5, 0.6) is 0 Å². The van der Waals surface area contributed by atoms with Crippen LogP contribution in [0.25, 0.3) is 0 Å². The van der Waals surface area contributed by atoms with E-state index in [9.17, 15) is 14.0 Å². The normalized spacial score (nSPS) is 11.8. The van der Waals surface area contributed by atoms with Crippen LogP contribution in [-0.4, -0.2) is 24.5 Å². The standard InChI is InChI=1S/C14H18BrFN2O3/c1-3-4-8(2)18-13(19)7-21-14(20)9-5-12(17)11(16)6-10(9)15/h5-6,8H,3-4,7,17H2,1-2H3,(H,18,19). The Labute approximate surface area is 131 Å². The zero-order chi connectivity index (χ0) is 16.0. The second-order valence-corrected chi connectivity index (χ2v) is 5.54. The third kappa shape index (κ3) is 5.34. The average molecular weight is 361 g/mol. The predicted octanol–water partition coefficient (Wildman–Crippen LogP) is 2.63. The number of ether oxygens (including phenoxy) is 1. The molecule has 0 radical (unpaired) electrons. The fourth-order valence-electron chi connectivity index (χ4n) is 1.75. The van der Waals surface area contributed by atoms with E-state index in [2.05, 4.69) is 21.2 Å². The maximum atomic E-state index is 13.2. The van der Waals surface area contributed by atoms with Crippen LogP contribution in [-0.2, 0) is 9.53 Å². The van der Waals surface area contributed by atoms with Gasteiger partial charge in [0.2, 0.25) is 0 Å². The van der Waals surface area contributed by atoms with E-state index < -0.39 is 18.4 Å². The summed E-state index contributed by atoms with van der Waals surface area (Å²) in [5, 5.41) is 2.71. The first-order valence-corrected chi connectivity index (χ1v) is 7.35. The third-order valence-corrected chi connectivity index (χ3v) is 3.43. The lowest BCUT2D eigenvalue weighted by molar-refractivity contribution is -0.124. The molecule has 1 aromatic carbocycles. The number of carbonyl (C=O) groups is 2. The van der Waals surface area contributed by atoms with E-state index in [-0.39, 0.29) is 27.7 Å². The SMILES string of the molecule is CCCC(C)NC(=O)COC(=O)c1cc(N)c(F)cc1Br. The Morgan fingerprint density at radius 3 is 2.76 bits per heavy atom. The molecule has 0 aromatic heterocycles. The fourth-order valence-corrected chi connectivity index (χ4v) is 2.23. The molecule has 3 N–H and O–H groups in total. The van der Waals surface area contributed by atoms with E-state index in [0.29, 0.717) is 0 Å². The van der Waals surface area contributed by atoms with Gasteiger partial charge in [-0.25, -0.2) is 9.18 Å². The van der Waals surface area contributed by atoms with Gasteiger partial charge in [-0.05, 0) is 41.4 Å². The van der Waals surface area contributed by atoms with Gasteiger partial charge >= 0.3 is 5.97 Å². The summed E-state index contributed by atoms with van der Waals surface area (Å²) in [6.45, 7) is 3.50. The minimum absolute atomic E-state index is 0.0226. The Morgan fingerprint density at radius 1 is 1.48 bits per heavy atom. The highest BCUT2D eigenvalue weighted by Gasteiger charge is 2.16. The molecule has 0 heterocycles. The molecule has 7 heteroatoms. The minimum Gasteiger partial charge on any atom is -0.452 e. The molecule has 1 atom stereocenters. The van der Waals surface area contributed by atoms with Crippen molar-refractivity contribution in [2.75, 3.05) is 12.3 Å². The van der Waals surface area contributed by atoms with Gasteiger partial charge in [-0.2, -0.15) is 0 Å². The van der Waals surface area contributed by atoms with Crippen molar-refractivity contribution in [2.24, 2.45) is 0 Å². The summed E-state index contributed by atoms with van der Waals surface area (Å²) in [5.41, 5.74) is 5.31. The molecule has 0 saturated heterocycles. The van der Waals surface area contributed by atoms with Crippen molar-refractivity contribution in [1.82, 2.24) is 5.32 Å². The molecule has 116 valence electrons. The molecule has 0 aliphatic rings. The first-order chi connectivity index (χ1) is 9.85.